The lowest BCUT2D eigenvalue weighted by atomic mass is 9.85. The zero-order chi connectivity index (χ0) is 13.7. The van der Waals surface area contributed by atoms with Gasteiger partial charge in [-0.15, -0.1) is 0 Å². The molecule has 1 aromatic heterocycles. The zero-order valence-electron chi connectivity index (χ0n) is 11.4. The van der Waals surface area contributed by atoms with Gasteiger partial charge in [-0.25, -0.2) is 4.98 Å². The van der Waals surface area contributed by atoms with Crippen molar-refractivity contribution in [2.75, 3.05) is 11.9 Å². The molecule has 18 heavy (non-hydrogen) atoms. The summed E-state index contributed by atoms with van der Waals surface area (Å²) in [6.07, 6.45) is 1.60. The molecular weight excluding hydrogens is 246 g/mol. The highest BCUT2D eigenvalue weighted by molar-refractivity contribution is 6.34. The van der Waals surface area contributed by atoms with Crippen LogP contribution in [-0.4, -0.2) is 11.5 Å². The van der Waals surface area contributed by atoms with E-state index < -0.39 is 0 Å². The van der Waals surface area contributed by atoms with Crippen LogP contribution in [0.1, 0.15) is 33.3 Å². The van der Waals surface area contributed by atoms with E-state index in [4.69, 9.17) is 16.9 Å². The topological polar surface area (TPSA) is 48.7 Å². The first-order valence-electron chi connectivity index (χ1n) is 6.25. The first kappa shape index (κ1) is 14.8. The van der Waals surface area contributed by atoms with Crippen LogP contribution in [0.5, 0.6) is 0 Å². The summed E-state index contributed by atoms with van der Waals surface area (Å²) in [5.41, 5.74) is 0.458. The van der Waals surface area contributed by atoms with E-state index in [0.717, 1.165) is 6.54 Å². The molecule has 0 radical (unpaired) electrons. The molecule has 0 fully saturated rings. The lowest BCUT2D eigenvalue weighted by Gasteiger charge is -2.25. The van der Waals surface area contributed by atoms with Gasteiger partial charge >= 0.3 is 0 Å². The molecule has 0 bridgehead atoms. The van der Waals surface area contributed by atoms with E-state index in [1.54, 1.807) is 12.3 Å². The lowest BCUT2D eigenvalue weighted by Crippen LogP contribution is -2.25. The first-order valence-corrected chi connectivity index (χ1v) is 6.63. The molecule has 0 aliphatic carbocycles. The average molecular weight is 266 g/mol. The molecule has 0 atom stereocenters. The number of nitriles is 1. The number of hydrogen-bond acceptors (Lipinski definition) is 3. The zero-order valence-corrected chi connectivity index (χ0v) is 12.1. The van der Waals surface area contributed by atoms with Crippen molar-refractivity contribution in [2.45, 2.75) is 27.7 Å². The van der Waals surface area contributed by atoms with Crippen LogP contribution in [0.2, 0.25) is 5.02 Å². The first-order chi connectivity index (χ1) is 8.47. The fourth-order valence-electron chi connectivity index (χ4n) is 2.11. The van der Waals surface area contributed by atoms with E-state index in [0.29, 0.717) is 34.2 Å². The van der Waals surface area contributed by atoms with Gasteiger partial charge in [0.05, 0.1) is 5.56 Å². The molecule has 1 heterocycles. The highest BCUT2D eigenvalue weighted by Gasteiger charge is 2.18. The Morgan fingerprint density at radius 2 is 1.94 bits per heavy atom. The molecule has 0 aliphatic heterocycles. The third-order valence-corrected chi connectivity index (χ3v) is 3.61. The molecule has 0 amide bonds. The molecule has 1 aromatic rings. The summed E-state index contributed by atoms with van der Waals surface area (Å²) in [7, 11) is 0. The van der Waals surface area contributed by atoms with Crippen LogP contribution in [0.25, 0.3) is 0 Å². The van der Waals surface area contributed by atoms with E-state index in [9.17, 15) is 0 Å². The maximum atomic E-state index is 8.91. The van der Waals surface area contributed by atoms with E-state index in [1.165, 1.54) is 0 Å². The average Bonchev–Trinajstić information content (AvgIpc) is 2.30. The van der Waals surface area contributed by atoms with Crippen molar-refractivity contribution in [3.8, 4) is 6.07 Å². The summed E-state index contributed by atoms with van der Waals surface area (Å²) >= 11 is 6.10. The second-order valence-electron chi connectivity index (χ2n) is 5.17. The van der Waals surface area contributed by atoms with Gasteiger partial charge < -0.3 is 5.32 Å². The Morgan fingerprint density at radius 1 is 1.33 bits per heavy atom. The quantitative estimate of drug-likeness (QED) is 0.877. The molecule has 0 saturated heterocycles. The van der Waals surface area contributed by atoms with Crippen molar-refractivity contribution in [2.24, 2.45) is 17.8 Å². The van der Waals surface area contributed by atoms with Crippen LogP contribution in [0.3, 0.4) is 0 Å². The summed E-state index contributed by atoms with van der Waals surface area (Å²) in [5, 5.41) is 12.6. The lowest BCUT2D eigenvalue weighted by molar-refractivity contribution is 0.304. The van der Waals surface area contributed by atoms with Gasteiger partial charge in [0.2, 0.25) is 0 Å². The molecule has 0 aromatic carbocycles. The van der Waals surface area contributed by atoms with Gasteiger partial charge in [0.25, 0.3) is 0 Å². The van der Waals surface area contributed by atoms with E-state index in [-0.39, 0.29) is 0 Å². The van der Waals surface area contributed by atoms with Crippen molar-refractivity contribution >= 4 is 17.4 Å². The molecule has 1 N–H and O–H groups in total. The summed E-state index contributed by atoms with van der Waals surface area (Å²) in [6.45, 7) is 9.68. The van der Waals surface area contributed by atoms with Gasteiger partial charge in [-0.05, 0) is 23.8 Å². The standard InChI is InChI=1S/C14H20ClN3/c1-9(2)12(10(3)4)8-18-14-13(15)11(7-16)5-6-17-14/h5-6,9-10,12H,8H2,1-4H3,(H,17,18). The second-order valence-corrected chi connectivity index (χ2v) is 5.54. The maximum Gasteiger partial charge on any atom is 0.146 e. The van der Waals surface area contributed by atoms with Gasteiger partial charge in [0.1, 0.15) is 16.9 Å². The molecule has 0 spiro atoms. The molecule has 98 valence electrons. The Bertz CT molecular complexity index is 427. The number of anilines is 1. The summed E-state index contributed by atoms with van der Waals surface area (Å²) in [6, 6.07) is 3.68. The number of nitrogens with zero attached hydrogens (tertiary/aromatic N) is 2. The summed E-state index contributed by atoms with van der Waals surface area (Å²) in [5.74, 6) is 2.33. The normalized spacial score (nSPS) is 11.1. The van der Waals surface area contributed by atoms with Crippen LogP contribution in [0, 0.1) is 29.1 Å². The third-order valence-electron chi connectivity index (χ3n) is 3.23. The molecule has 0 aliphatic rings. The Hall–Kier alpha value is -1.27. The molecule has 0 unspecified atom stereocenters. The van der Waals surface area contributed by atoms with Gasteiger partial charge in [-0.1, -0.05) is 39.3 Å². The number of hydrogen-bond donors (Lipinski definition) is 1. The van der Waals surface area contributed by atoms with Crippen LogP contribution >= 0.6 is 11.6 Å². The van der Waals surface area contributed by atoms with Crippen LogP contribution in [0.15, 0.2) is 12.3 Å². The SMILES string of the molecule is CC(C)C(CNc1nccc(C#N)c1Cl)C(C)C. The number of rotatable bonds is 5. The molecule has 1 rings (SSSR count). The minimum absolute atomic E-state index is 0.409. The minimum atomic E-state index is 0.409. The summed E-state index contributed by atoms with van der Waals surface area (Å²) < 4.78 is 0. The second kappa shape index (κ2) is 6.61. The third kappa shape index (κ3) is 3.61. The van der Waals surface area contributed by atoms with Crippen LogP contribution in [0.4, 0.5) is 5.82 Å². The van der Waals surface area contributed by atoms with Gasteiger partial charge in [-0.2, -0.15) is 5.26 Å². The van der Waals surface area contributed by atoms with Crippen molar-refractivity contribution in [3.05, 3.63) is 22.8 Å². The van der Waals surface area contributed by atoms with Gasteiger partial charge in [-0.3, -0.25) is 0 Å². The highest BCUT2D eigenvalue weighted by atomic mass is 35.5. The fourth-order valence-corrected chi connectivity index (χ4v) is 2.33. The Kier molecular flexibility index (Phi) is 5.43. The van der Waals surface area contributed by atoms with E-state index in [1.807, 2.05) is 0 Å². The van der Waals surface area contributed by atoms with Crippen molar-refractivity contribution in [1.29, 1.82) is 5.26 Å². The van der Waals surface area contributed by atoms with Crippen molar-refractivity contribution in [1.82, 2.24) is 4.98 Å². The van der Waals surface area contributed by atoms with Crippen LogP contribution < -0.4 is 5.32 Å². The number of aromatic nitrogens is 1. The van der Waals surface area contributed by atoms with Crippen LogP contribution in [-0.2, 0) is 0 Å². The number of nitrogens with one attached hydrogen (secondary N) is 1. The highest BCUT2D eigenvalue weighted by Crippen LogP contribution is 2.25. The molecule has 4 heteroatoms. The predicted octanol–water partition coefficient (Wildman–Crippen LogP) is 3.95. The Labute approximate surface area is 114 Å². The largest absolute Gasteiger partial charge is 0.369 e. The predicted molar refractivity (Wildman–Crippen MR) is 75.6 cm³/mol. The molecule has 3 nitrogen and oxygen atoms in total. The monoisotopic (exact) mass is 265 g/mol. The van der Waals surface area contributed by atoms with Gasteiger partial charge in [0, 0.05) is 12.7 Å². The van der Waals surface area contributed by atoms with Gasteiger partial charge in [0.15, 0.2) is 0 Å². The maximum absolute atomic E-state index is 8.91. The van der Waals surface area contributed by atoms with Crippen molar-refractivity contribution < 1.29 is 0 Å². The summed E-state index contributed by atoms with van der Waals surface area (Å²) in [4.78, 5) is 4.18. The number of pyridine rings is 1. The van der Waals surface area contributed by atoms with E-state index >= 15 is 0 Å². The number of halogens is 1. The van der Waals surface area contributed by atoms with Crippen molar-refractivity contribution in [3.63, 3.8) is 0 Å². The Balaban J connectivity index is 2.77. The fraction of sp³-hybridized carbons (Fsp3) is 0.571. The minimum Gasteiger partial charge on any atom is -0.369 e. The molecular formula is C14H20ClN3. The smallest absolute Gasteiger partial charge is 0.146 e. The van der Waals surface area contributed by atoms with E-state index in [2.05, 4.69) is 44.1 Å². The molecule has 0 saturated carbocycles. The Morgan fingerprint density at radius 3 is 2.44 bits per heavy atom.